The maximum absolute atomic E-state index is 6.71. The molecule has 7 aromatic carbocycles. The van der Waals surface area contributed by atoms with Gasteiger partial charge in [0.2, 0.25) is 0 Å². The lowest BCUT2D eigenvalue weighted by Crippen LogP contribution is -2.28. The van der Waals surface area contributed by atoms with Crippen molar-refractivity contribution >= 4 is 10.9 Å². The summed E-state index contributed by atoms with van der Waals surface area (Å²) < 4.78 is 13.4. The molecule has 0 saturated carbocycles. The van der Waals surface area contributed by atoms with Crippen LogP contribution >= 0.6 is 0 Å². The predicted octanol–water partition coefficient (Wildman–Crippen LogP) is 11.8. The second-order valence-corrected chi connectivity index (χ2v) is 12.7. The summed E-state index contributed by atoms with van der Waals surface area (Å²) in [6.45, 7) is 0. The van der Waals surface area contributed by atoms with E-state index in [0.29, 0.717) is 23.0 Å². The van der Waals surface area contributed by atoms with Gasteiger partial charge in [-0.3, -0.25) is 0 Å². The van der Waals surface area contributed by atoms with Gasteiger partial charge in [0.25, 0.3) is 0 Å². The molecular formula is C46H29NO2. The van der Waals surface area contributed by atoms with E-state index in [-0.39, 0.29) is 0 Å². The van der Waals surface area contributed by atoms with Gasteiger partial charge >= 0.3 is 0 Å². The highest BCUT2D eigenvalue weighted by Gasteiger charge is 2.47. The van der Waals surface area contributed by atoms with Crippen LogP contribution in [-0.4, -0.2) is 4.98 Å². The smallest absolute Gasteiger partial charge is 0.170 e. The fourth-order valence-electron chi connectivity index (χ4n) is 7.86. The number of nitrogens with zero attached hydrogens (tertiary/aromatic N) is 1. The molecule has 230 valence electrons. The minimum Gasteiger partial charge on any atom is -0.450 e. The Hall–Kier alpha value is -6.45. The third-order valence-electron chi connectivity index (χ3n) is 10.0. The van der Waals surface area contributed by atoms with Gasteiger partial charge in [-0.2, -0.15) is 0 Å². The maximum atomic E-state index is 6.71. The summed E-state index contributed by atoms with van der Waals surface area (Å²) in [4.78, 5) is 5.07. The van der Waals surface area contributed by atoms with Gasteiger partial charge < -0.3 is 9.47 Å². The SMILES string of the molecule is c1ccc(-c2cc(-c3ccc4c(c3)Oc3cc5c(cc3O4)C(c3ccccc3)(c3ccccc3)c3ccccc3-5)nc3ccccc23)cc1. The second-order valence-electron chi connectivity index (χ2n) is 12.7. The Kier molecular flexibility index (Phi) is 6.09. The fraction of sp³-hybridized carbons (Fsp3) is 0.0217. The van der Waals surface area contributed by atoms with Crippen LogP contribution in [0.2, 0.25) is 0 Å². The van der Waals surface area contributed by atoms with E-state index >= 15 is 0 Å². The van der Waals surface area contributed by atoms with Gasteiger partial charge in [-0.25, -0.2) is 4.98 Å². The average molecular weight is 628 g/mol. The molecular weight excluding hydrogens is 599 g/mol. The summed E-state index contributed by atoms with van der Waals surface area (Å²) in [7, 11) is 0. The first-order valence-electron chi connectivity index (χ1n) is 16.6. The molecule has 0 atom stereocenters. The molecule has 0 fully saturated rings. The average Bonchev–Trinajstić information content (AvgIpc) is 3.46. The number of hydrogen-bond donors (Lipinski definition) is 0. The molecule has 10 rings (SSSR count). The zero-order chi connectivity index (χ0) is 32.4. The fourth-order valence-corrected chi connectivity index (χ4v) is 7.86. The first kappa shape index (κ1) is 27.6. The zero-order valence-electron chi connectivity index (χ0n) is 26.5. The Morgan fingerprint density at radius 1 is 0.388 bits per heavy atom. The molecule has 49 heavy (non-hydrogen) atoms. The van der Waals surface area contributed by atoms with Crippen LogP contribution in [0.4, 0.5) is 0 Å². The molecule has 8 aromatic rings. The summed E-state index contributed by atoms with van der Waals surface area (Å²) in [5.41, 5.74) is 11.8. The molecule has 0 bridgehead atoms. The number of aromatic nitrogens is 1. The van der Waals surface area contributed by atoms with E-state index < -0.39 is 5.41 Å². The molecule has 0 N–H and O–H groups in total. The van der Waals surface area contributed by atoms with Crippen LogP contribution in [0.25, 0.3) is 44.4 Å². The van der Waals surface area contributed by atoms with Crippen LogP contribution in [0.1, 0.15) is 22.3 Å². The Bertz CT molecular complexity index is 2500. The zero-order valence-corrected chi connectivity index (χ0v) is 26.5. The van der Waals surface area contributed by atoms with Crippen LogP contribution in [0.5, 0.6) is 23.0 Å². The van der Waals surface area contributed by atoms with E-state index in [0.717, 1.165) is 38.9 Å². The van der Waals surface area contributed by atoms with E-state index in [1.54, 1.807) is 0 Å². The van der Waals surface area contributed by atoms with Crippen molar-refractivity contribution in [3.8, 4) is 56.5 Å². The van der Waals surface area contributed by atoms with Crippen LogP contribution < -0.4 is 9.47 Å². The van der Waals surface area contributed by atoms with Crippen LogP contribution in [0.3, 0.4) is 0 Å². The summed E-state index contributed by atoms with van der Waals surface area (Å²) >= 11 is 0. The van der Waals surface area contributed by atoms with E-state index in [1.165, 1.54) is 27.8 Å². The molecule has 1 aliphatic heterocycles. The lowest BCUT2D eigenvalue weighted by Gasteiger charge is -2.34. The number of pyridine rings is 1. The number of fused-ring (bicyclic) bond motifs is 6. The Morgan fingerprint density at radius 2 is 1.00 bits per heavy atom. The summed E-state index contributed by atoms with van der Waals surface area (Å²) in [6, 6.07) is 61.8. The molecule has 2 aliphatic rings. The van der Waals surface area contributed by atoms with E-state index in [1.807, 2.05) is 24.3 Å². The minimum absolute atomic E-state index is 0.505. The Morgan fingerprint density at radius 3 is 1.78 bits per heavy atom. The van der Waals surface area contributed by atoms with E-state index in [9.17, 15) is 0 Å². The normalized spacial score (nSPS) is 13.4. The number of hydrogen-bond acceptors (Lipinski definition) is 3. The van der Waals surface area contributed by atoms with E-state index in [4.69, 9.17) is 14.5 Å². The number of para-hydroxylation sites is 1. The summed E-state index contributed by atoms with van der Waals surface area (Å²) in [5, 5.41) is 1.13. The lowest BCUT2D eigenvalue weighted by atomic mass is 9.67. The summed E-state index contributed by atoms with van der Waals surface area (Å²) in [5.74, 6) is 2.76. The van der Waals surface area contributed by atoms with Crippen molar-refractivity contribution in [1.82, 2.24) is 4.98 Å². The monoisotopic (exact) mass is 627 g/mol. The minimum atomic E-state index is -0.505. The van der Waals surface area contributed by atoms with Crippen LogP contribution in [0.15, 0.2) is 176 Å². The number of benzene rings is 7. The van der Waals surface area contributed by atoms with Crippen molar-refractivity contribution in [3.63, 3.8) is 0 Å². The van der Waals surface area contributed by atoms with E-state index in [2.05, 4.69) is 152 Å². The highest BCUT2D eigenvalue weighted by atomic mass is 16.6. The molecule has 0 radical (unpaired) electrons. The molecule has 3 nitrogen and oxygen atoms in total. The van der Waals surface area contributed by atoms with Gasteiger partial charge in [0.1, 0.15) is 0 Å². The van der Waals surface area contributed by atoms with Gasteiger partial charge in [-0.15, -0.1) is 0 Å². The van der Waals surface area contributed by atoms with Crippen molar-refractivity contribution < 1.29 is 9.47 Å². The first-order valence-corrected chi connectivity index (χ1v) is 16.6. The summed E-state index contributed by atoms with van der Waals surface area (Å²) in [6.07, 6.45) is 0. The van der Waals surface area contributed by atoms with Crippen molar-refractivity contribution in [2.45, 2.75) is 5.41 Å². The van der Waals surface area contributed by atoms with Gasteiger partial charge in [-0.1, -0.05) is 133 Å². The molecule has 1 aliphatic carbocycles. The highest BCUT2D eigenvalue weighted by molar-refractivity contribution is 5.97. The number of ether oxygens (including phenoxy) is 2. The number of rotatable bonds is 4. The maximum Gasteiger partial charge on any atom is 0.170 e. The van der Waals surface area contributed by atoms with Gasteiger partial charge in [0.15, 0.2) is 23.0 Å². The van der Waals surface area contributed by atoms with Crippen molar-refractivity contribution in [3.05, 3.63) is 198 Å². The van der Waals surface area contributed by atoms with Crippen LogP contribution in [0, 0.1) is 0 Å². The third-order valence-corrected chi connectivity index (χ3v) is 10.0. The molecule has 3 heteroatoms. The Balaban J connectivity index is 1.11. The predicted molar refractivity (Wildman–Crippen MR) is 197 cm³/mol. The molecule has 0 spiro atoms. The van der Waals surface area contributed by atoms with Gasteiger partial charge in [0, 0.05) is 10.9 Å². The third kappa shape index (κ3) is 4.19. The van der Waals surface area contributed by atoms with Crippen molar-refractivity contribution in [1.29, 1.82) is 0 Å². The van der Waals surface area contributed by atoms with Gasteiger partial charge in [-0.05, 0) is 87.0 Å². The standard InChI is InChI=1S/C46H29NO2/c1-4-14-30(15-5-1)36-27-41(47-40-23-13-11-21-35(36)40)31-24-25-42-43(26-31)49-44-28-37-34-20-10-12-22-38(34)46(32-16-6-2-7-17-32,33-18-8-3-9-19-33)39(37)29-45(44)48-42/h1-29H. The van der Waals surface area contributed by atoms with Crippen molar-refractivity contribution in [2.75, 3.05) is 0 Å². The molecule has 1 aromatic heterocycles. The lowest BCUT2D eigenvalue weighted by molar-refractivity contribution is 0.359. The van der Waals surface area contributed by atoms with Crippen LogP contribution in [-0.2, 0) is 5.41 Å². The largest absolute Gasteiger partial charge is 0.450 e. The first-order chi connectivity index (χ1) is 24.3. The molecule has 0 saturated heterocycles. The van der Waals surface area contributed by atoms with Crippen molar-refractivity contribution in [2.24, 2.45) is 0 Å². The second kappa shape index (κ2) is 10.8. The molecule has 0 amide bonds. The molecule has 0 unspecified atom stereocenters. The topological polar surface area (TPSA) is 31.4 Å². The molecule has 2 heterocycles. The van der Waals surface area contributed by atoms with Gasteiger partial charge in [0.05, 0.1) is 16.6 Å². The highest BCUT2D eigenvalue weighted by Crippen LogP contribution is 2.59. The Labute approximate surface area is 284 Å². The quantitative estimate of drug-likeness (QED) is 0.195.